The van der Waals surface area contributed by atoms with E-state index in [2.05, 4.69) is 105 Å². The van der Waals surface area contributed by atoms with E-state index in [0.717, 1.165) is 0 Å². The summed E-state index contributed by atoms with van der Waals surface area (Å²) in [6.45, 7) is 4.78. The second-order valence-corrected chi connectivity index (χ2v) is 14.3. The summed E-state index contributed by atoms with van der Waals surface area (Å²) in [6.07, 6.45) is 0. The van der Waals surface area contributed by atoms with Crippen molar-refractivity contribution in [3.8, 4) is 0 Å². The molecule has 0 atom stereocenters. The van der Waals surface area contributed by atoms with E-state index in [-0.39, 0.29) is 0 Å². The Bertz CT molecular complexity index is 606. The van der Waals surface area contributed by atoms with Gasteiger partial charge in [-0.2, -0.15) is 0 Å². The van der Waals surface area contributed by atoms with E-state index in [4.69, 9.17) is 0 Å². The molecule has 0 saturated heterocycles. The molecule has 0 amide bonds. The van der Waals surface area contributed by atoms with Crippen molar-refractivity contribution in [1.29, 1.82) is 0 Å². The molecule has 0 bridgehead atoms. The van der Waals surface area contributed by atoms with Gasteiger partial charge in [-0.3, -0.25) is 0 Å². The molecular weight excluding hydrogens is 327 g/mol. The average molecular weight is 349 g/mol. The molecule has 0 aliphatic rings. The van der Waals surface area contributed by atoms with E-state index in [0.29, 0.717) is 4.71 Å². The fourth-order valence-electron chi connectivity index (χ4n) is 3.33. The summed E-state index contributed by atoms with van der Waals surface area (Å²) in [6, 6.07) is 33.4. The Balaban J connectivity index is 2.34. The zero-order valence-corrected chi connectivity index (χ0v) is 15.1. The van der Waals surface area contributed by atoms with Crippen LogP contribution in [0.3, 0.4) is 0 Å². The Kier molecular flexibility index (Phi) is 4.50. The number of hydrogen-bond acceptors (Lipinski definition) is 0. The second-order valence-electron chi connectivity index (χ2n) is 5.82. The average Bonchev–Trinajstić information content (AvgIpc) is 2.58. The first-order chi connectivity index (χ1) is 10.8. The van der Waals surface area contributed by atoms with Gasteiger partial charge < -0.3 is 0 Å². The summed E-state index contributed by atoms with van der Waals surface area (Å²) in [7, 11) is 0. The van der Waals surface area contributed by atoms with E-state index in [1.807, 2.05) is 0 Å². The van der Waals surface area contributed by atoms with Crippen LogP contribution < -0.4 is 13.1 Å². The third kappa shape index (κ3) is 2.53. The van der Waals surface area contributed by atoms with Crippen LogP contribution in [0.1, 0.15) is 13.8 Å². The SMILES string of the molecule is CC(C)[As](c1ccccc1)(c1ccccc1)c1ccccc1. The Morgan fingerprint density at radius 1 is 0.500 bits per heavy atom. The Morgan fingerprint density at radius 3 is 1.00 bits per heavy atom. The van der Waals surface area contributed by atoms with Gasteiger partial charge in [0.2, 0.25) is 0 Å². The predicted molar refractivity (Wildman–Crippen MR) is 99.1 cm³/mol. The van der Waals surface area contributed by atoms with E-state index < -0.39 is 13.6 Å². The van der Waals surface area contributed by atoms with Crippen LogP contribution in [0.15, 0.2) is 91.0 Å². The summed E-state index contributed by atoms with van der Waals surface area (Å²) in [5.41, 5.74) is 0. The van der Waals surface area contributed by atoms with Crippen molar-refractivity contribution in [2.75, 3.05) is 0 Å². The van der Waals surface area contributed by atoms with Crippen molar-refractivity contribution >= 4 is 26.6 Å². The fraction of sp³-hybridized carbons (Fsp3) is 0.143. The predicted octanol–water partition coefficient (Wildman–Crippen LogP) is 3.57. The number of benzene rings is 3. The molecular formula is C21H22As. The molecule has 3 rings (SSSR count). The van der Waals surface area contributed by atoms with Gasteiger partial charge in [-0.05, 0) is 0 Å². The quantitative estimate of drug-likeness (QED) is 0.632. The van der Waals surface area contributed by atoms with Crippen LogP contribution in [0, 0.1) is 0 Å². The molecule has 1 heteroatoms. The van der Waals surface area contributed by atoms with Gasteiger partial charge in [0.15, 0.2) is 0 Å². The van der Waals surface area contributed by atoms with Crippen molar-refractivity contribution < 1.29 is 0 Å². The van der Waals surface area contributed by atoms with Crippen LogP contribution in [0.4, 0.5) is 0 Å². The van der Waals surface area contributed by atoms with E-state index in [1.165, 1.54) is 13.1 Å². The van der Waals surface area contributed by atoms with Gasteiger partial charge in [-0.15, -0.1) is 0 Å². The third-order valence-electron chi connectivity index (χ3n) is 4.26. The molecule has 0 aliphatic carbocycles. The van der Waals surface area contributed by atoms with Crippen molar-refractivity contribution in [3.63, 3.8) is 0 Å². The van der Waals surface area contributed by atoms with Gasteiger partial charge in [0.1, 0.15) is 0 Å². The Labute approximate surface area is 136 Å². The molecule has 0 aliphatic heterocycles. The molecule has 0 saturated carbocycles. The molecule has 0 aromatic heterocycles. The van der Waals surface area contributed by atoms with Crippen LogP contribution in [0.5, 0.6) is 0 Å². The Morgan fingerprint density at radius 2 is 0.773 bits per heavy atom. The summed E-state index contributed by atoms with van der Waals surface area (Å²) < 4.78 is 5.18. The second kappa shape index (κ2) is 6.55. The molecule has 0 fully saturated rings. The number of rotatable bonds is 4. The maximum atomic E-state index is 2.39. The monoisotopic (exact) mass is 349 g/mol. The minimum absolute atomic E-state index is 0.616. The van der Waals surface area contributed by atoms with Crippen LogP contribution in [-0.4, -0.2) is 13.6 Å². The first-order valence-electron chi connectivity index (χ1n) is 7.82. The topological polar surface area (TPSA) is 0 Å². The van der Waals surface area contributed by atoms with E-state index in [9.17, 15) is 0 Å². The van der Waals surface area contributed by atoms with Gasteiger partial charge >= 0.3 is 136 Å². The summed E-state index contributed by atoms with van der Waals surface area (Å²) in [5, 5.41) is 0. The molecule has 0 spiro atoms. The first-order valence-corrected chi connectivity index (χ1v) is 11.7. The van der Waals surface area contributed by atoms with Gasteiger partial charge in [-0.25, -0.2) is 0 Å². The molecule has 0 nitrogen and oxygen atoms in total. The van der Waals surface area contributed by atoms with Crippen molar-refractivity contribution in [2.45, 2.75) is 18.6 Å². The minimum atomic E-state index is -2.45. The molecule has 0 N–H and O–H groups in total. The zero-order chi connectivity index (χ0) is 15.4. The summed E-state index contributed by atoms with van der Waals surface area (Å²) >= 11 is -2.45. The van der Waals surface area contributed by atoms with E-state index in [1.54, 1.807) is 0 Å². The summed E-state index contributed by atoms with van der Waals surface area (Å²) in [4.78, 5) is 0. The molecule has 3 aromatic rings. The normalized spacial score (nSPS) is 11.6. The molecule has 0 unspecified atom stereocenters. The van der Waals surface area contributed by atoms with E-state index >= 15 is 0 Å². The fourth-order valence-corrected chi connectivity index (χ4v) is 13.0. The zero-order valence-electron chi connectivity index (χ0n) is 13.2. The molecule has 111 valence electrons. The van der Waals surface area contributed by atoms with Crippen molar-refractivity contribution in [1.82, 2.24) is 0 Å². The maximum absolute atomic E-state index is 2.45. The Hall–Kier alpha value is -1.78. The molecule has 1 radical (unpaired) electrons. The molecule has 0 heterocycles. The van der Waals surface area contributed by atoms with Crippen molar-refractivity contribution in [2.24, 2.45) is 0 Å². The summed E-state index contributed by atoms with van der Waals surface area (Å²) in [5.74, 6) is 0. The van der Waals surface area contributed by atoms with Crippen LogP contribution in [0.25, 0.3) is 0 Å². The standard InChI is InChI=1S/C21H22As/c1-18(2)22(19-12-6-3-7-13-19,20-14-8-4-9-15-20)21-16-10-5-11-17-21/h3-18H,1-2H3. The molecule has 22 heavy (non-hydrogen) atoms. The van der Waals surface area contributed by atoms with Gasteiger partial charge in [0, 0.05) is 0 Å². The van der Waals surface area contributed by atoms with Crippen LogP contribution in [0.2, 0.25) is 4.71 Å². The molecule has 3 aromatic carbocycles. The van der Waals surface area contributed by atoms with Crippen LogP contribution in [-0.2, 0) is 0 Å². The van der Waals surface area contributed by atoms with Crippen LogP contribution >= 0.6 is 0 Å². The number of hydrogen-bond donors (Lipinski definition) is 0. The van der Waals surface area contributed by atoms with Gasteiger partial charge in [-0.1, -0.05) is 0 Å². The third-order valence-corrected chi connectivity index (χ3v) is 14.5. The van der Waals surface area contributed by atoms with Gasteiger partial charge in [0.05, 0.1) is 0 Å². The first kappa shape index (κ1) is 15.1. The van der Waals surface area contributed by atoms with Crippen molar-refractivity contribution in [3.05, 3.63) is 91.0 Å². The van der Waals surface area contributed by atoms with Gasteiger partial charge in [0.25, 0.3) is 0 Å².